The first-order valence-electron chi connectivity index (χ1n) is 19.2. The van der Waals surface area contributed by atoms with E-state index in [2.05, 4.69) is 147 Å². The number of aryl methyl sites for hydroxylation is 8. The maximum absolute atomic E-state index is 3.55. The second-order valence-electron chi connectivity index (χ2n) is 14.5. The van der Waals surface area contributed by atoms with Crippen LogP contribution in [0.2, 0.25) is 0 Å². The Morgan fingerprint density at radius 1 is 0.354 bits per heavy atom. The molecule has 0 N–H and O–H groups in total. The zero-order valence-electron chi connectivity index (χ0n) is 31.3. The van der Waals surface area contributed by atoms with E-state index in [0.717, 1.165) is 51.4 Å². The molecule has 1 saturated carbocycles. The van der Waals surface area contributed by atoms with Crippen molar-refractivity contribution in [1.29, 1.82) is 0 Å². The topological polar surface area (TPSA) is 0 Å². The lowest BCUT2D eigenvalue weighted by Crippen LogP contribution is -2.50. The lowest BCUT2D eigenvalue weighted by atomic mass is 9.55. The molecule has 2 heteroatoms. The Bertz CT molecular complexity index is 1380. The van der Waals surface area contributed by atoms with Crippen molar-refractivity contribution < 1.29 is 0 Å². The van der Waals surface area contributed by atoms with Crippen molar-refractivity contribution in [2.45, 2.75) is 130 Å². The lowest BCUT2D eigenvalue weighted by molar-refractivity contribution is 0.109. The van der Waals surface area contributed by atoms with Gasteiger partial charge < -0.3 is 0 Å². The summed E-state index contributed by atoms with van der Waals surface area (Å²) in [6, 6.07) is 30.2. The van der Waals surface area contributed by atoms with Crippen LogP contribution in [0.25, 0.3) is 0 Å². The maximum Gasteiger partial charge on any atom is 0.0375 e. The molecule has 1 fully saturated rings. The van der Waals surface area contributed by atoms with E-state index in [9.17, 15) is 0 Å². The highest BCUT2D eigenvalue weighted by Gasteiger charge is 2.55. The average Bonchev–Trinajstić information content (AvgIpc) is 3.12. The normalized spacial score (nSPS) is 16.6. The standard InChI is InChI=1S/C46H62P2/c1-9-31-19-32(10-2)24-39(23-31)45(47,40-25-33(11-3)20-34(12-4)26-40)43-17-18-44(43)46(48,41-27-35(13-5)21-36(14-6)28-41)42-29-37(15-7)22-38(16-8)30-42/h19-30,43-44H,9-18,47-48H2,1-8H3/t43-,44-/m1/s1. The first-order valence-corrected chi connectivity index (χ1v) is 20.4. The molecule has 1 aliphatic carbocycles. The van der Waals surface area contributed by atoms with E-state index in [4.69, 9.17) is 0 Å². The van der Waals surface area contributed by atoms with Crippen molar-refractivity contribution in [3.05, 3.63) is 140 Å². The second kappa shape index (κ2) is 15.7. The predicted octanol–water partition coefficient (Wildman–Crippen LogP) is 12.1. The van der Waals surface area contributed by atoms with Gasteiger partial charge in [0, 0.05) is 10.3 Å². The zero-order valence-corrected chi connectivity index (χ0v) is 33.6. The molecule has 0 nitrogen and oxygen atoms in total. The van der Waals surface area contributed by atoms with Gasteiger partial charge in [-0.2, -0.15) is 0 Å². The van der Waals surface area contributed by atoms with E-state index >= 15 is 0 Å². The van der Waals surface area contributed by atoms with Gasteiger partial charge in [0.05, 0.1) is 0 Å². The molecule has 0 spiro atoms. The fraction of sp³-hybridized carbons (Fsp3) is 0.478. The summed E-state index contributed by atoms with van der Waals surface area (Å²) in [5, 5.41) is -0.387. The third-order valence-electron chi connectivity index (χ3n) is 11.8. The Hall–Kier alpha value is -2.26. The predicted molar refractivity (Wildman–Crippen MR) is 218 cm³/mol. The van der Waals surface area contributed by atoms with Gasteiger partial charge in [-0.25, -0.2) is 0 Å². The Morgan fingerprint density at radius 2 is 0.521 bits per heavy atom. The van der Waals surface area contributed by atoms with Gasteiger partial charge in [0.15, 0.2) is 0 Å². The van der Waals surface area contributed by atoms with E-state index in [1.807, 2.05) is 0 Å². The summed E-state index contributed by atoms with van der Waals surface area (Å²) in [4.78, 5) is 0. The molecule has 0 aromatic heterocycles. The van der Waals surface area contributed by atoms with Crippen LogP contribution in [0, 0.1) is 11.8 Å². The first-order chi connectivity index (χ1) is 23.1. The number of hydrogen-bond acceptors (Lipinski definition) is 0. The molecular formula is C46H62P2. The number of benzene rings is 4. The van der Waals surface area contributed by atoms with Gasteiger partial charge in [0.2, 0.25) is 0 Å². The number of rotatable bonds is 14. The summed E-state index contributed by atoms with van der Waals surface area (Å²) in [5.74, 6) is 0.915. The van der Waals surface area contributed by atoms with Crippen LogP contribution in [-0.2, 0) is 61.7 Å². The second-order valence-corrected chi connectivity index (χ2v) is 16.3. The molecule has 4 aromatic rings. The minimum Gasteiger partial charge on any atom is -0.121 e. The molecule has 256 valence electrons. The van der Waals surface area contributed by atoms with E-state index < -0.39 is 0 Å². The van der Waals surface area contributed by atoms with E-state index in [1.54, 1.807) is 0 Å². The highest BCUT2D eigenvalue weighted by molar-refractivity contribution is 7.19. The van der Waals surface area contributed by atoms with Crippen molar-refractivity contribution in [3.8, 4) is 0 Å². The van der Waals surface area contributed by atoms with Crippen LogP contribution in [0.1, 0.15) is 135 Å². The van der Waals surface area contributed by atoms with Gasteiger partial charge in [0.1, 0.15) is 0 Å². The van der Waals surface area contributed by atoms with Crippen molar-refractivity contribution >= 4 is 18.5 Å². The van der Waals surface area contributed by atoms with Crippen LogP contribution in [0.4, 0.5) is 0 Å². The fourth-order valence-corrected chi connectivity index (χ4v) is 9.88. The zero-order chi connectivity index (χ0) is 34.6. The average molecular weight is 677 g/mol. The summed E-state index contributed by atoms with van der Waals surface area (Å²) in [5.41, 5.74) is 17.6. The molecule has 0 saturated heterocycles. The van der Waals surface area contributed by atoms with Crippen LogP contribution in [0.15, 0.2) is 72.8 Å². The molecule has 4 aromatic carbocycles. The van der Waals surface area contributed by atoms with Gasteiger partial charge in [-0.3, -0.25) is 0 Å². The lowest BCUT2D eigenvalue weighted by Gasteiger charge is -2.56. The molecule has 0 aliphatic heterocycles. The summed E-state index contributed by atoms with van der Waals surface area (Å²) >= 11 is 0. The van der Waals surface area contributed by atoms with Gasteiger partial charge in [0.25, 0.3) is 0 Å². The van der Waals surface area contributed by atoms with Crippen LogP contribution < -0.4 is 0 Å². The molecule has 1 aliphatic rings. The highest BCUT2D eigenvalue weighted by atomic mass is 31.0. The summed E-state index contributed by atoms with van der Waals surface area (Å²) in [6.07, 6.45) is 10.9. The van der Waals surface area contributed by atoms with Crippen LogP contribution in [0.5, 0.6) is 0 Å². The Kier molecular flexibility index (Phi) is 12.1. The van der Waals surface area contributed by atoms with Crippen LogP contribution in [-0.4, -0.2) is 0 Å². The molecule has 0 radical (unpaired) electrons. The van der Waals surface area contributed by atoms with Gasteiger partial charge in [-0.1, -0.05) is 128 Å². The van der Waals surface area contributed by atoms with Crippen LogP contribution >= 0.6 is 18.5 Å². The fourth-order valence-electron chi connectivity index (χ4n) is 8.42. The van der Waals surface area contributed by atoms with E-state index in [1.165, 1.54) is 79.6 Å². The third-order valence-corrected chi connectivity index (χ3v) is 14.0. The first kappa shape index (κ1) is 37.0. The van der Waals surface area contributed by atoms with Crippen molar-refractivity contribution in [2.75, 3.05) is 0 Å². The van der Waals surface area contributed by atoms with Crippen molar-refractivity contribution in [1.82, 2.24) is 0 Å². The Balaban J connectivity index is 1.82. The smallest absolute Gasteiger partial charge is 0.0375 e. The molecule has 0 amide bonds. The van der Waals surface area contributed by atoms with Crippen molar-refractivity contribution in [3.63, 3.8) is 0 Å². The van der Waals surface area contributed by atoms with E-state index in [0.29, 0.717) is 11.8 Å². The monoisotopic (exact) mass is 676 g/mol. The van der Waals surface area contributed by atoms with E-state index in [-0.39, 0.29) is 10.3 Å². The molecule has 4 atom stereocenters. The minimum absolute atomic E-state index is 0.194. The summed E-state index contributed by atoms with van der Waals surface area (Å²) in [6.45, 7) is 18.5. The van der Waals surface area contributed by atoms with Crippen LogP contribution in [0.3, 0.4) is 0 Å². The van der Waals surface area contributed by atoms with Gasteiger partial charge in [-0.05, 0) is 143 Å². The summed E-state index contributed by atoms with van der Waals surface area (Å²) in [7, 11) is 7.10. The molecule has 2 unspecified atom stereocenters. The molecule has 48 heavy (non-hydrogen) atoms. The minimum atomic E-state index is -0.194. The molecule has 0 bridgehead atoms. The van der Waals surface area contributed by atoms with Gasteiger partial charge in [-0.15, -0.1) is 18.5 Å². The highest BCUT2D eigenvalue weighted by Crippen LogP contribution is 2.64. The Labute approximate surface area is 298 Å². The van der Waals surface area contributed by atoms with Gasteiger partial charge >= 0.3 is 0 Å². The Morgan fingerprint density at radius 3 is 0.646 bits per heavy atom. The molecule has 0 heterocycles. The summed E-state index contributed by atoms with van der Waals surface area (Å²) < 4.78 is 0. The molecular weight excluding hydrogens is 614 g/mol. The molecule has 5 rings (SSSR count). The number of hydrogen-bond donors (Lipinski definition) is 0. The SMILES string of the molecule is CCc1cc(CC)cc(C(P)(c2cc(CC)cc(CC)c2)[C@@H]2CC[C@H]2C(P)(c2cc(CC)cc(CC)c2)c2cc(CC)cc(CC)c2)c1. The van der Waals surface area contributed by atoms with Crippen molar-refractivity contribution in [2.24, 2.45) is 11.8 Å². The third kappa shape index (κ3) is 7.01. The largest absolute Gasteiger partial charge is 0.121 e. The quantitative estimate of drug-likeness (QED) is 0.117. The maximum atomic E-state index is 3.55.